The summed E-state index contributed by atoms with van der Waals surface area (Å²) in [6, 6.07) is -0.935. The van der Waals surface area contributed by atoms with Gasteiger partial charge in [0.05, 0.1) is 11.6 Å². The van der Waals surface area contributed by atoms with Crippen molar-refractivity contribution < 1.29 is 19.8 Å². The van der Waals surface area contributed by atoms with E-state index in [-0.39, 0.29) is 18.9 Å². The molecule has 1 saturated heterocycles. The first-order valence-corrected chi connectivity index (χ1v) is 6.45. The van der Waals surface area contributed by atoms with Gasteiger partial charge in [0.2, 0.25) is 5.91 Å². The fourth-order valence-electron chi connectivity index (χ4n) is 2.95. The van der Waals surface area contributed by atoms with Crippen LogP contribution < -0.4 is 5.73 Å². The number of hydrogen-bond acceptors (Lipinski definition) is 4. The van der Waals surface area contributed by atoms with Crippen molar-refractivity contribution in [2.24, 2.45) is 5.73 Å². The lowest BCUT2D eigenvalue weighted by molar-refractivity contribution is -0.151. The van der Waals surface area contributed by atoms with Crippen molar-refractivity contribution in [2.45, 2.75) is 56.2 Å². The zero-order chi connectivity index (χ0) is 13.3. The minimum Gasteiger partial charge on any atom is -0.480 e. The number of amides is 1. The number of carboxylic acid groups (broad SMARTS) is 1. The van der Waals surface area contributed by atoms with E-state index in [0.717, 1.165) is 19.3 Å². The van der Waals surface area contributed by atoms with Gasteiger partial charge in [0.1, 0.15) is 6.04 Å². The average Bonchev–Trinajstić information content (AvgIpc) is 2.71. The summed E-state index contributed by atoms with van der Waals surface area (Å²) in [6.07, 6.45) is 3.40. The quantitative estimate of drug-likeness (QED) is 0.629. The van der Waals surface area contributed by atoms with Crippen LogP contribution in [0.5, 0.6) is 0 Å². The summed E-state index contributed by atoms with van der Waals surface area (Å²) in [5.41, 5.74) is 5.19. The Hall–Kier alpha value is -1.14. The van der Waals surface area contributed by atoms with Crippen LogP contribution in [-0.2, 0) is 9.59 Å². The zero-order valence-corrected chi connectivity index (χ0v) is 10.3. The number of nitrogens with zero attached hydrogens (tertiary/aromatic N) is 1. The van der Waals surface area contributed by atoms with Gasteiger partial charge in [-0.2, -0.15) is 0 Å². The summed E-state index contributed by atoms with van der Waals surface area (Å²) < 4.78 is 0. The van der Waals surface area contributed by atoms with Gasteiger partial charge < -0.3 is 20.8 Å². The molecule has 2 aliphatic rings. The number of likely N-dealkylation sites (tertiary alicyclic amines) is 1. The standard InChI is InChI=1S/C12H20N2O4/c13-12(4-2-1-3-5-12)11(18)14-7-8(15)6-9(14)10(16)17/h8-9,15H,1-7,13H2,(H,16,17)/t8?,9-/m0/s1. The van der Waals surface area contributed by atoms with Crippen molar-refractivity contribution in [1.29, 1.82) is 0 Å². The maximum atomic E-state index is 12.4. The Bertz CT molecular complexity index is 352. The molecule has 1 amide bonds. The van der Waals surface area contributed by atoms with E-state index in [1.54, 1.807) is 0 Å². The molecule has 0 aromatic carbocycles. The minimum absolute atomic E-state index is 0.0781. The van der Waals surface area contributed by atoms with Crippen molar-refractivity contribution >= 4 is 11.9 Å². The Morgan fingerprint density at radius 2 is 1.83 bits per heavy atom. The number of hydrogen-bond donors (Lipinski definition) is 3. The van der Waals surface area contributed by atoms with E-state index in [1.807, 2.05) is 0 Å². The maximum absolute atomic E-state index is 12.4. The van der Waals surface area contributed by atoms with Gasteiger partial charge in [-0.05, 0) is 12.8 Å². The molecule has 0 spiro atoms. The van der Waals surface area contributed by atoms with E-state index in [9.17, 15) is 14.7 Å². The first kappa shape index (κ1) is 13.3. The van der Waals surface area contributed by atoms with Crippen LogP contribution in [0, 0.1) is 0 Å². The predicted molar refractivity (Wildman–Crippen MR) is 63.8 cm³/mol. The molecule has 6 nitrogen and oxygen atoms in total. The Kier molecular flexibility index (Phi) is 3.59. The molecule has 1 saturated carbocycles. The van der Waals surface area contributed by atoms with Crippen LogP contribution in [0.4, 0.5) is 0 Å². The SMILES string of the molecule is NC1(C(=O)N2CC(O)C[C@H]2C(=O)O)CCCCC1. The summed E-state index contributed by atoms with van der Waals surface area (Å²) in [5.74, 6) is -1.38. The molecule has 2 atom stereocenters. The molecule has 2 rings (SSSR count). The molecular formula is C12H20N2O4. The number of carbonyl (C=O) groups is 2. The Morgan fingerprint density at radius 3 is 2.39 bits per heavy atom. The number of rotatable bonds is 2. The number of β-amino-alcohol motifs (C(OH)–C–C–N with tert-alkyl or cyclic N) is 1. The summed E-state index contributed by atoms with van der Waals surface area (Å²) >= 11 is 0. The van der Waals surface area contributed by atoms with Crippen LogP contribution in [0.1, 0.15) is 38.5 Å². The van der Waals surface area contributed by atoms with Crippen molar-refractivity contribution in [3.63, 3.8) is 0 Å². The molecule has 4 N–H and O–H groups in total. The zero-order valence-electron chi connectivity index (χ0n) is 10.3. The van der Waals surface area contributed by atoms with Crippen molar-refractivity contribution in [1.82, 2.24) is 4.90 Å². The number of aliphatic hydroxyl groups excluding tert-OH is 1. The largest absolute Gasteiger partial charge is 0.480 e. The number of aliphatic carboxylic acids is 1. The van der Waals surface area contributed by atoms with Gasteiger partial charge in [-0.3, -0.25) is 4.79 Å². The molecule has 1 aliphatic carbocycles. The molecule has 2 fully saturated rings. The predicted octanol–water partition coefficient (Wildman–Crippen LogP) is -0.306. The molecule has 1 aliphatic heterocycles. The van der Waals surface area contributed by atoms with Crippen molar-refractivity contribution in [3.8, 4) is 0 Å². The molecular weight excluding hydrogens is 236 g/mol. The van der Waals surface area contributed by atoms with Gasteiger partial charge in [0.15, 0.2) is 0 Å². The molecule has 1 unspecified atom stereocenters. The highest BCUT2D eigenvalue weighted by Crippen LogP contribution is 2.30. The fourth-order valence-corrected chi connectivity index (χ4v) is 2.95. The van der Waals surface area contributed by atoms with E-state index in [1.165, 1.54) is 4.90 Å². The van der Waals surface area contributed by atoms with Gasteiger partial charge in [-0.15, -0.1) is 0 Å². The smallest absolute Gasteiger partial charge is 0.326 e. The number of aliphatic hydroxyl groups is 1. The lowest BCUT2D eigenvalue weighted by Crippen LogP contribution is -2.58. The van der Waals surface area contributed by atoms with E-state index in [2.05, 4.69) is 0 Å². The van der Waals surface area contributed by atoms with Gasteiger partial charge >= 0.3 is 5.97 Å². The van der Waals surface area contributed by atoms with Gasteiger partial charge in [0.25, 0.3) is 0 Å². The molecule has 0 aromatic rings. The lowest BCUT2D eigenvalue weighted by Gasteiger charge is -2.36. The monoisotopic (exact) mass is 256 g/mol. The van der Waals surface area contributed by atoms with E-state index in [4.69, 9.17) is 10.8 Å². The highest BCUT2D eigenvalue weighted by atomic mass is 16.4. The fraction of sp³-hybridized carbons (Fsp3) is 0.833. The first-order chi connectivity index (χ1) is 8.44. The number of carboxylic acids is 1. The molecule has 102 valence electrons. The topological polar surface area (TPSA) is 104 Å². The summed E-state index contributed by atoms with van der Waals surface area (Å²) in [5, 5.41) is 18.6. The normalized spacial score (nSPS) is 31.3. The second-order valence-corrected chi connectivity index (χ2v) is 5.42. The first-order valence-electron chi connectivity index (χ1n) is 6.45. The maximum Gasteiger partial charge on any atom is 0.326 e. The lowest BCUT2D eigenvalue weighted by atomic mass is 9.81. The second-order valence-electron chi connectivity index (χ2n) is 5.42. The Balaban J connectivity index is 2.14. The third-order valence-electron chi connectivity index (χ3n) is 4.00. The number of carbonyl (C=O) groups excluding carboxylic acids is 1. The van der Waals surface area contributed by atoms with E-state index >= 15 is 0 Å². The van der Waals surface area contributed by atoms with Crippen molar-refractivity contribution in [3.05, 3.63) is 0 Å². The van der Waals surface area contributed by atoms with Crippen LogP contribution in [0.25, 0.3) is 0 Å². The molecule has 1 heterocycles. The Labute approximate surface area is 106 Å². The average molecular weight is 256 g/mol. The Morgan fingerprint density at radius 1 is 1.22 bits per heavy atom. The molecule has 0 aromatic heterocycles. The summed E-state index contributed by atoms with van der Waals surface area (Å²) in [4.78, 5) is 24.8. The van der Waals surface area contributed by atoms with E-state index < -0.39 is 23.7 Å². The highest BCUT2D eigenvalue weighted by molar-refractivity contribution is 5.90. The van der Waals surface area contributed by atoms with Crippen LogP contribution in [0.15, 0.2) is 0 Å². The van der Waals surface area contributed by atoms with Gasteiger partial charge in [-0.25, -0.2) is 4.79 Å². The van der Waals surface area contributed by atoms with Crippen LogP contribution in [0.3, 0.4) is 0 Å². The van der Waals surface area contributed by atoms with Crippen LogP contribution in [-0.4, -0.2) is 51.2 Å². The highest BCUT2D eigenvalue weighted by Gasteiger charge is 2.46. The minimum atomic E-state index is -1.07. The van der Waals surface area contributed by atoms with Crippen LogP contribution in [0.2, 0.25) is 0 Å². The van der Waals surface area contributed by atoms with E-state index in [0.29, 0.717) is 12.8 Å². The molecule has 18 heavy (non-hydrogen) atoms. The van der Waals surface area contributed by atoms with Gasteiger partial charge in [0, 0.05) is 13.0 Å². The molecule has 6 heteroatoms. The summed E-state index contributed by atoms with van der Waals surface area (Å²) in [6.45, 7) is 0.0781. The third kappa shape index (κ3) is 2.35. The van der Waals surface area contributed by atoms with Crippen molar-refractivity contribution in [2.75, 3.05) is 6.54 Å². The number of nitrogens with two attached hydrogens (primary N) is 1. The van der Waals surface area contributed by atoms with Crippen LogP contribution >= 0.6 is 0 Å². The second kappa shape index (κ2) is 4.85. The van der Waals surface area contributed by atoms with Gasteiger partial charge in [-0.1, -0.05) is 19.3 Å². The molecule has 0 radical (unpaired) electrons. The summed E-state index contributed by atoms with van der Waals surface area (Å²) in [7, 11) is 0. The molecule has 0 bridgehead atoms. The third-order valence-corrected chi connectivity index (χ3v) is 4.00.